The van der Waals surface area contributed by atoms with Crippen molar-refractivity contribution in [3.05, 3.63) is 0 Å². The molecule has 1 rings (SSSR count). The molecule has 0 bridgehead atoms. The predicted octanol–water partition coefficient (Wildman–Crippen LogP) is 1.90. The highest BCUT2D eigenvalue weighted by Gasteiger charge is 2.23. The Morgan fingerprint density at radius 1 is 1.53 bits per heavy atom. The first kappa shape index (κ1) is 16.2. The lowest BCUT2D eigenvalue weighted by Crippen LogP contribution is -2.34. The summed E-state index contributed by atoms with van der Waals surface area (Å²) in [6.45, 7) is 7.99. The average Bonchev–Trinajstić information content (AvgIpc) is 2.38. The van der Waals surface area contributed by atoms with Gasteiger partial charge >= 0.3 is 0 Å². The number of oxime groups is 1. The molecule has 5 nitrogen and oxygen atoms in total. The standard InChI is InChI=1S/C14H29N3O2/c1-14(2,13(15)16-18)7-5-8-17(3)10-12-6-4-9-19-11-12/h12,18H,4-11H2,1-3H3,(H2,15,16). The minimum Gasteiger partial charge on any atom is -0.409 e. The number of rotatable bonds is 7. The van der Waals surface area contributed by atoms with Gasteiger partial charge < -0.3 is 20.6 Å². The summed E-state index contributed by atoms with van der Waals surface area (Å²) in [5.74, 6) is 0.992. The number of hydrogen-bond donors (Lipinski definition) is 2. The first-order chi connectivity index (χ1) is 8.95. The molecule has 1 saturated heterocycles. The van der Waals surface area contributed by atoms with Gasteiger partial charge in [-0.25, -0.2) is 0 Å². The molecular weight excluding hydrogens is 242 g/mol. The summed E-state index contributed by atoms with van der Waals surface area (Å²) < 4.78 is 5.50. The first-order valence-corrected chi connectivity index (χ1v) is 7.20. The Labute approximate surface area is 116 Å². The molecule has 1 unspecified atom stereocenters. The van der Waals surface area contributed by atoms with Crippen LogP contribution in [-0.4, -0.2) is 49.3 Å². The smallest absolute Gasteiger partial charge is 0.144 e. The number of amidine groups is 1. The van der Waals surface area contributed by atoms with Gasteiger partial charge in [0.15, 0.2) is 0 Å². The number of ether oxygens (including phenoxy) is 1. The molecule has 0 aliphatic carbocycles. The quantitative estimate of drug-likeness (QED) is 0.321. The molecule has 112 valence electrons. The second-order valence-corrected chi connectivity index (χ2v) is 6.32. The zero-order chi connectivity index (χ0) is 14.3. The highest BCUT2D eigenvalue weighted by atomic mass is 16.5. The van der Waals surface area contributed by atoms with E-state index in [1.807, 2.05) is 13.8 Å². The maximum atomic E-state index is 8.73. The van der Waals surface area contributed by atoms with E-state index in [0.29, 0.717) is 11.8 Å². The van der Waals surface area contributed by atoms with Gasteiger partial charge in [0.1, 0.15) is 5.84 Å². The zero-order valence-corrected chi connectivity index (χ0v) is 12.6. The van der Waals surface area contributed by atoms with Crippen molar-refractivity contribution in [1.29, 1.82) is 0 Å². The van der Waals surface area contributed by atoms with Crippen LogP contribution in [0.3, 0.4) is 0 Å². The Bertz CT molecular complexity index is 286. The van der Waals surface area contributed by atoms with Crippen molar-refractivity contribution in [2.45, 2.75) is 39.5 Å². The van der Waals surface area contributed by atoms with Crippen LogP contribution in [0.1, 0.15) is 39.5 Å². The van der Waals surface area contributed by atoms with Gasteiger partial charge in [0.2, 0.25) is 0 Å². The van der Waals surface area contributed by atoms with Gasteiger partial charge in [0.05, 0.1) is 6.61 Å². The van der Waals surface area contributed by atoms with Gasteiger partial charge in [-0.2, -0.15) is 0 Å². The molecule has 5 heteroatoms. The Kier molecular flexibility index (Phi) is 6.58. The summed E-state index contributed by atoms with van der Waals surface area (Å²) in [5, 5.41) is 11.8. The zero-order valence-electron chi connectivity index (χ0n) is 12.6. The third-order valence-electron chi connectivity index (χ3n) is 3.97. The Morgan fingerprint density at radius 3 is 2.84 bits per heavy atom. The fraction of sp³-hybridized carbons (Fsp3) is 0.929. The molecule has 19 heavy (non-hydrogen) atoms. The van der Waals surface area contributed by atoms with Crippen LogP contribution in [-0.2, 0) is 4.74 Å². The van der Waals surface area contributed by atoms with Crippen LogP contribution in [0.5, 0.6) is 0 Å². The van der Waals surface area contributed by atoms with Crippen LogP contribution in [0.15, 0.2) is 5.16 Å². The number of nitrogens with zero attached hydrogens (tertiary/aromatic N) is 2. The molecule has 1 aliphatic rings. The van der Waals surface area contributed by atoms with E-state index in [2.05, 4.69) is 17.1 Å². The summed E-state index contributed by atoms with van der Waals surface area (Å²) >= 11 is 0. The Hall–Kier alpha value is -0.810. The molecule has 1 heterocycles. The van der Waals surface area contributed by atoms with Crippen molar-refractivity contribution in [2.75, 3.05) is 33.4 Å². The molecule has 3 N–H and O–H groups in total. The van der Waals surface area contributed by atoms with E-state index in [1.165, 1.54) is 12.8 Å². The summed E-state index contributed by atoms with van der Waals surface area (Å²) in [4.78, 5) is 2.36. The van der Waals surface area contributed by atoms with E-state index in [4.69, 9.17) is 15.7 Å². The maximum Gasteiger partial charge on any atom is 0.144 e. The second-order valence-electron chi connectivity index (χ2n) is 6.32. The molecule has 0 aromatic heterocycles. The molecule has 1 fully saturated rings. The monoisotopic (exact) mass is 271 g/mol. The molecule has 1 atom stereocenters. The maximum absolute atomic E-state index is 8.73. The lowest BCUT2D eigenvalue weighted by molar-refractivity contribution is 0.0417. The summed E-state index contributed by atoms with van der Waals surface area (Å²) in [6.07, 6.45) is 4.44. The minimum absolute atomic E-state index is 0.233. The SMILES string of the molecule is CN(CCCC(C)(C)C(N)=NO)CC1CCCOC1. The highest BCUT2D eigenvalue weighted by molar-refractivity contribution is 5.85. The first-order valence-electron chi connectivity index (χ1n) is 7.20. The largest absolute Gasteiger partial charge is 0.409 e. The van der Waals surface area contributed by atoms with Gasteiger partial charge in [-0.05, 0) is 45.2 Å². The molecule has 0 spiro atoms. The highest BCUT2D eigenvalue weighted by Crippen LogP contribution is 2.22. The van der Waals surface area contributed by atoms with E-state index in [9.17, 15) is 0 Å². The van der Waals surface area contributed by atoms with Crippen molar-refractivity contribution >= 4 is 5.84 Å². The van der Waals surface area contributed by atoms with E-state index < -0.39 is 0 Å². The molecule has 0 aromatic carbocycles. The van der Waals surface area contributed by atoms with Gasteiger partial charge in [0, 0.05) is 18.6 Å². The molecule has 0 radical (unpaired) electrons. The normalized spacial score (nSPS) is 21.9. The van der Waals surface area contributed by atoms with E-state index in [-0.39, 0.29) is 5.41 Å². The van der Waals surface area contributed by atoms with Crippen molar-refractivity contribution < 1.29 is 9.94 Å². The molecule has 0 aromatic rings. The third-order valence-corrected chi connectivity index (χ3v) is 3.97. The minimum atomic E-state index is -0.233. The fourth-order valence-corrected chi connectivity index (χ4v) is 2.54. The molecule has 1 aliphatic heterocycles. The molecule has 0 amide bonds. The average molecular weight is 271 g/mol. The molecule has 0 saturated carbocycles. The van der Waals surface area contributed by atoms with E-state index in [0.717, 1.165) is 39.1 Å². The van der Waals surface area contributed by atoms with Gasteiger partial charge in [-0.15, -0.1) is 0 Å². The third kappa shape index (κ3) is 5.78. The summed E-state index contributed by atoms with van der Waals surface area (Å²) in [5.41, 5.74) is 5.45. The van der Waals surface area contributed by atoms with Crippen LogP contribution in [0.4, 0.5) is 0 Å². The lowest BCUT2D eigenvalue weighted by Gasteiger charge is -2.28. The van der Waals surface area contributed by atoms with Crippen LogP contribution in [0, 0.1) is 11.3 Å². The fourth-order valence-electron chi connectivity index (χ4n) is 2.54. The van der Waals surface area contributed by atoms with Crippen molar-refractivity contribution in [3.8, 4) is 0 Å². The Morgan fingerprint density at radius 2 is 2.26 bits per heavy atom. The van der Waals surface area contributed by atoms with Crippen molar-refractivity contribution in [2.24, 2.45) is 22.2 Å². The second kappa shape index (κ2) is 7.70. The Balaban J connectivity index is 2.21. The van der Waals surface area contributed by atoms with Crippen molar-refractivity contribution in [3.63, 3.8) is 0 Å². The van der Waals surface area contributed by atoms with Crippen LogP contribution < -0.4 is 5.73 Å². The summed E-state index contributed by atoms with van der Waals surface area (Å²) in [7, 11) is 2.16. The van der Waals surface area contributed by atoms with E-state index in [1.54, 1.807) is 0 Å². The van der Waals surface area contributed by atoms with Gasteiger partial charge in [-0.1, -0.05) is 19.0 Å². The van der Waals surface area contributed by atoms with E-state index >= 15 is 0 Å². The predicted molar refractivity (Wildman–Crippen MR) is 77.5 cm³/mol. The van der Waals surface area contributed by atoms with Gasteiger partial charge in [-0.3, -0.25) is 0 Å². The van der Waals surface area contributed by atoms with Crippen molar-refractivity contribution in [1.82, 2.24) is 4.90 Å². The van der Waals surface area contributed by atoms with Gasteiger partial charge in [0.25, 0.3) is 0 Å². The van der Waals surface area contributed by atoms with Crippen LogP contribution >= 0.6 is 0 Å². The number of nitrogens with two attached hydrogens (primary N) is 1. The van der Waals surface area contributed by atoms with Crippen LogP contribution in [0.25, 0.3) is 0 Å². The topological polar surface area (TPSA) is 71.1 Å². The molecular formula is C14H29N3O2. The summed E-state index contributed by atoms with van der Waals surface area (Å²) in [6, 6.07) is 0. The number of hydrogen-bond acceptors (Lipinski definition) is 4. The van der Waals surface area contributed by atoms with Crippen LogP contribution in [0.2, 0.25) is 0 Å². The lowest BCUT2D eigenvalue weighted by atomic mass is 9.86.